The summed E-state index contributed by atoms with van der Waals surface area (Å²) in [5.74, 6) is -2.67. The molecule has 6 nitrogen and oxygen atoms in total. The molecule has 0 bridgehead atoms. The Morgan fingerprint density at radius 3 is 0.925 bits per heavy atom. The van der Waals surface area contributed by atoms with Gasteiger partial charge in [-0.05, 0) is 52.7 Å². The number of rotatable bonds is 12. The van der Waals surface area contributed by atoms with Gasteiger partial charge in [-0.2, -0.15) is 0 Å². The van der Waals surface area contributed by atoms with E-state index in [0.29, 0.717) is 0 Å². The molecule has 3 aromatic rings. The van der Waals surface area contributed by atoms with E-state index in [-0.39, 0.29) is 11.1 Å². The van der Waals surface area contributed by atoms with E-state index in [1.54, 1.807) is 0 Å². The van der Waals surface area contributed by atoms with Crippen molar-refractivity contribution in [3.05, 3.63) is 107 Å². The van der Waals surface area contributed by atoms with Crippen molar-refractivity contribution in [2.24, 2.45) is 0 Å². The predicted molar refractivity (Wildman–Crippen MR) is 159 cm³/mol. The van der Waals surface area contributed by atoms with E-state index in [1.807, 2.05) is 0 Å². The summed E-state index contributed by atoms with van der Waals surface area (Å²) < 4.78 is 2.40. The van der Waals surface area contributed by atoms with E-state index in [0.717, 1.165) is 24.3 Å². The molecule has 0 saturated heterocycles. The van der Waals surface area contributed by atoms with Crippen LogP contribution in [0.3, 0.4) is 0 Å². The van der Waals surface area contributed by atoms with Crippen molar-refractivity contribution in [2.45, 2.75) is 54.6 Å². The second-order valence-electron chi connectivity index (χ2n) is 10.0. The Morgan fingerprint density at radius 1 is 0.475 bits per heavy atom. The van der Waals surface area contributed by atoms with E-state index in [4.69, 9.17) is 0 Å². The summed E-state index contributed by atoms with van der Waals surface area (Å²) in [5.41, 5.74) is 2.80. The van der Waals surface area contributed by atoms with Crippen LogP contribution in [0.25, 0.3) is 0 Å². The molecule has 218 valence electrons. The highest BCUT2D eigenvalue weighted by Gasteiger charge is 2.21. The van der Waals surface area contributed by atoms with Gasteiger partial charge < -0.3 is 28.8 Å². The van der Waals surface area contributed by atoms with Crippen LogP contribution in [0.2, 0.25) is 0 Å². The molecule has 0 saturated carbocycles. The quantitative estimate of drug-likeness (QED) is 0.311. The molecule has 0 aromatic heterocycles. The summed E-state index contributed by atoms with van der Waals surface area (Å²) in [6.07, 6.45) is 0. The first-order valence-electron chi connectivity index (χ1n) is 14.4. The van der Waals surface area contributed by atoms with Crippen LogP contribution in [0.15, 0.2) is 84.9 Å². The molecule has 0 radical (unpaired) electrons. The molecule has 0 fully saturated rings. The minimum Gasteiger partial charge on any atom is -0.545 e. The van der Waals surface area contributed by atoms with Crippen molar-refractivity contribution in [1.82, 2.24) is 0 Å². The molecule has 0 spiro atoms. The number of benzene rings is 3. The Kier molecular flexibility index (Phi) is 15.5. The molecule has 0 atom stereocenters. The minimum atomic E-state index is -1.33. The van der Waals surface area contributed by atoms with Gasteiger partial charge in [0.15, 0.2) is 0 Å². The summed E-state index contributed by atoms with van der Waals surface area (Å²) in [4.78, 5) is 20.4. The molecule has 0 N–H and O–H groups in total. The Balaban J connectivity index is 0.000000301. The number of carboxylic acids is 2. The lowest BCUT2D eigenvalue weighted by atomic mass is 10.1. The largest absolute Gasteiger partial charge is 0.545 e. The molecule has 6 heteroatoms. The van der Waals surface area contributed by atoms with Crippen molar-refractivity contribution in [3.8, 4) is 0 Å². The first kappa shape index (κ1) is 34.5. The lowest BCUT2D eigenvalue weighted by Crippen LogP contribution is -2.46. The molecule has 3 rings (SSSR count). The highest BCUT2D eigenvalue weighted by atomic mass is 16.4. The highest BCUT2D eigenvalue weighted by molar-refractivity contribution is 5.89. The van der Waals surface area contributed by atoms with Crippen LogP contribution >= 0.6 is 0 Å². The van der Waals surface area contributed by atoms with Gasteiger partial charge in [0.25, 0.3) is 0 Å². The van der Waals surface area contributed by atoms with Crippen LogP contribution in [0.5, 0.6) is 0 Å². The monoisotopic (exact) mass is 548 g/mol. The number of carbonyl (C=O) groups excluding carboxylic acids is 2. The van der Waals surface area contributed by atoms with Crippen LogP contribution in [0.1, 0.15) is 73.4 Å². The maximum atomic E-state index is 10.2. The van der Waals surface area contributed by atoms with E-state index < -0.39 is 11.9 Å². The zero-order chi connectivity index (χ0) is 30.0. The maximum Gasteiger partial charge on any atom is 0.104 e. The van der Waals surface area contributed by atoms with Crippen molar-refractivity contribution >= 4 is 11.9 Å². The SMILES string of the molecule is CC[N+](CC)(CC)Cc1ccccc1.CC[N+](CC)(CC)Cc1ccccc1.O=C([O-])c1ccc(C(=O)[O-])cc1. The summed E-state index contributed by atoms with van der Waals surface area (Å²) >= 11 is 0. The second kappa shape index (κ2) is 18.0. The first-order chi connectivity index (χ1) is 19.1. The fourth-order valence-corrected chi connectivity index (χ4v) is 4.70. The molecule has 0 aliphatic rings. The third-order valence-electron chi connectivity index (χ3n) is 8.10. The fraction of sp³-hybridized carbons (Fsp3) is 0.412. The zero-order valence-electron chi connectivity index (χ0n) is 25.3. The van der Waals surface area contributed by atoms with Gasteiger partial charge in [-0.25, -0.2) is 0 Å². The van der Waals surface area contributed by atoms with Gasteiger partial charge in [-0.1, -0.05) is 84.9 Å². The average Bonchev–Trinajstić information content (AvgIpc) is 3.00. The van der Waals surface area contributed by atoms with Gasteiger partial charge >= 0.3 is 0 Å². The van der Waals surface area contributed by atoms with E-state index in [9.17, 15) is 19.8 Å². The molecule has 0 amide bonds. The molecule has 3 aromatic carbocycles. The van der Waals surface area contributed by atoms with Crippen LogP contribution in [0, 0.1) is 0 Å². The van der Waals surface area contributed by atoms with Gasteiger partial charge in [0.1, 0.15) is 13.1 Å². The van der Waals surface area contributed by atoms with Gasteiger partial charge in [0.05, 0.1) is 51.2 Å². The molecule has 40 heavy (non-hydrogen) atoms. The van der Waals surface area contributed by atoms with Crippen molar-refractivity contribution in [1.29, 1.82) is 0 Å². The molecular weight excluding hydrogens is 500 g/mol. The summed E-state index contributed by atoms with van der Waals surface area (Å²) in [6.45, 7) is 23.4. The summed E-state index contributed by atoms with van der Waals surface area (Å²) in [6, 6.07) is 26.2. The Morgan fingerprint density at radius 2 is 0.725 bits per heavy atom. The topological polar surface area (TPSA) is 80.3 Å². The van der Waals surface area contributed by atoms with Crippen molar-refractivity contribution in [2.75, 3.05) is 39.3 Å². The number of quaternary nitrogens is 2. The Labute approximate surface area is 241 Å². The van der Waals surface area contributed by atoms with E-state index in [1.165, 1.54) is 72.5 Å². The molecule has 0 heterocycles. The molecular formula is C34H48N2O4. The highest BCUT2D eigenvalue weighted by Crippen LogP contribution is 2.14. The fourth-order valence-electron chi connectivity index (χ4n) is 4.70. The normalized spacial score (nSPS) is 10.9. The number of hydrogen-bond acceptors (Lipinski definition) is 4. The van der Waals surface area contributed by atoms with E-state index >= 15 is 0 Å². The maximum absolute atomic E-state index is 10.2. The van der Waals surface area contributed by atoms with Crippen LogP contribution < -0.4 is 10.2 Å². The van der Waals surface area contributed by atoms with Crippen molar-refractivity contribution < 1.29 is 28.8 Å². The third-order valence-corrected chi connectivity index (χ3v) is 8.10. The van der Waals surface area contributed by atoms with Crippen molar-refractivity contribution in [3.63, 3.8) is 0 Å². The first-order valence-corrected chi connectivity index (χ1v) is 14.4. The lowest BCUT2D eigenvalue weighted by Gasteiger charge is -2.35. The standard InChI is InChI=1S/2C13H22N.C8H6O4/c2*1-4-14(5-2,6-3)12-13-10-8-7-9-11-13;9-7(10)5-1-2-6(4-3-5)8(11)12/h2*7-11H,4-6,12H2,1-3H3;1-4H,(H,9,10)(H,11,12)/q2*+1;/p-2. The summed E-state index contributed by atoms with van der Waals surface area (Å²) in [5, 5.41) is 20.4. The molecule has 0 unspecified atom stereocenters. The smallest absolute Gasteiger partial charge is 0.104 e. The Hall–Kier alpha value is -3.48. The number of carbonyl (C=O) groups is 2. The molecule has 0 aliphatic heterocycles. The molecule has 0 aliphatic carbocycles. The third kappa shape index (κ3) is 11.3. The number of carboxylic acid groups (broad SMARTS) is 2. The zero-order valence-corrected chi connectivity index (χ0v) is 25.3. The summed E-state index contributed by atoms with van der Waals surface area (Å²) in [7, 11) is 0. The number of aromatic carboxylic acids is 2. The van der Waals surface area contributed by atoms with Crippen LogP contribution in [-0.4, -0.2) is 60.2 Å². The van der Waals surface area contributed by atoms with Crippen LogP contribution in [-0.2, 0) is 13.1 Å². The average molecular weight is 549 g/mol. The number of hydrogen-bond donors (Lipinski definition) is 0. The number of nitrogens with zero attached hydrogens (tertiary/aromatic N) is 2. The Bertz CT molecular complexity index is 1000. The van der Waals surface area contributed by atoms with E-state index in [2.05, 4.69) is 102 Å². The lowest BCUT2D eigenvalue weighted by molar-refractivity contribution is -0.936. The second-order valence-corrected chi connectivity index (χ2v) is 10.0. The predicted octanol–water partition coefficient (Wildman–Crippen LogP) is 4.54. The van der Waals surface area contributed by atoms with Crippen LogP contribution in [0.4, 0.5) is 0 Å². The van der Waals surface area contributed by atoms with Gasteiger partial charge in [0, 0.05) is 11.1 Å². The minimum absolute atomic E-state index is 0.0556. The van der Waals surface area contributed by atoms with Gasteiger partial charge in [0.2, 0.25) is 0 Å². The van der Waals surface area contributed by atoms with Gasteiger partial charge in [-0.15, -0.1) is 0 Å². The van der Waals surface area contributed by atoms with Gasteiger partial charge in [-0.3, -0.25) is 0 Å².